The van der Waals surface area contributed by atoms with Crippen molar-refractivity contribution >= 4 is 81.8 Å². The van der Waals surface area contributed by atoms with E-state index in [1.165, 1.54) is 41.7 Å². The fourth-order valence-corrected chi connectivity index (χ4v) is 7.73. The molecule has 0 aromatic heterocycles. The summed E-state index contributed by atoms with van der Waals surface area (Å²) < 4.78 is 5.89. The molecule has 0 aliphatic heterocycles. The number of anilines is 4. The number of nitrogens with zero attached hydrogens (tertiary/aromatic N) is 2. The van der Waals surface area contributed by atoms with Crippen LogP contribution in [0.4, 0.5) is 22.7 Å². The molecule has 4 amide bonds. The molecule has 22 heteroatoms. The Kier molecular flexibility index (Phi) is 21.0. The Morgan fingerprint density at radius 2 is 1.03 bits per heavy atom. The number of guanidine groups is 2. The van der Waals surface area contributed by atoms with Gasteiger partial charge in [0, 0.05) is 48.8 Å². The highest BCUT2D eigenvalue weighted by Gasteiger charge is 2.26. The summed E-state index contributed by atoms with van der Waals surface area (Å²) in [6.07, 6.45) is 0.798. The first kappa shape index (κ1) is 54.7. The zero-order valence-corrected chi connectivity index (χ0v) is 40.3. The maximum absolute atomic E-state index is 14.4. The first-order chi connectivity index (χ1) is 31.0. The molecule has 0 aliphatic carbocycles. The Hall–Kier alpha value is -5.62. The minimum absolute atomic E-state index is 0.0477. The SMILES string of the molecule is CC(C)(C)c1cc(NC(=O)c2cc(OCCN)cc(C(=O)Nc3cc(C(C)(C)C)cc(NC(=O)[C@@H](N)CN=C(N)N)c3SCCN)c2)c(SCCN)c(NC(=O)[C@@H](N)CCCN=C(N)N)c1. The molecule has 3 rings (SSSR count). The number of amides is 4. The first-order valence-corrected chi connectivity index (χ1v) is 23.3. The van der Waals surface area contributed by atoms with Crippen molar-refractivity contribution in [1.29, 1.82) is 0 Å². The van der Waals surface area contributed by atoms with Crippen LogP contribution in [0.5, 0.6) is 5.75 Å². The topological polar surface area (TPSA) is 385 Å². The lowest BCUT2D eigenvalue weighted by Crippen LogP contribution is -2.39. The van der Waals surface area contributed by atoms with Gasteiger partial charge in [0.15, 0.2) is 11.9 Å². The molecular formula is C44H69N15O5S2. The maximum atomic E-state index is 14.4. The van der Waals surface area contributed by atoms with Gasteiger partial charge in [-0.05, 0) is 77.3 Å². The number of thioether (sulfide) groups is 2. The number of benzene rings is 3. The molecule has 3 aromatic rings. The maximum Gasteiger partial charge on any atom is 0.255 e. The number of carbonyl (C=O) groups excluding carboxylic acids is 4. The highest BCUT2D eigenvalue weighted by atomic mass is 32.2. The molecule has 66 heavy (non-hydrogen) atoms. The fourth-order valence-electron chi connectivity index (χ4n) is 6.03. The van der Waals surface area contributed by atoms with E-state index in [0.717, 1.165) is 11.1 Å². The lowest BCUT2D eigenvalue weighted by atomic mass is 9.86. The van der Waals surface area contributed by atoms with Crippen molar-refractivity contribution < 1.29 is 23.9 Å². The molecule has 0 heterocycles. The van der Waals surface area contributed by atoms with Crippen molar-refractivity contribution in [3.63, 3.8) is 0 Å². The number of carbonyl (C=O) groups is 4. The van der Waals surface area contributed by atoms with Gasteiger partial charge in [0.05, 0.1) is 45.1 Å². The molecule has 3 aromatic carbocycles. The van der Waals surface area contributed by atoms with Crippen LogP contribution in [-0.2, 0) is 20.4 Å². The zero-order valence-electron chi connectivity index (χ0n) is 38.7. The summed E-state index contributed by atoms with van der Waals surface area (Å²) in [5.41, 5.74) is 54.3. The number of aliphatic imine (C=N–C) groups is 2. The minimum Gasteiger partial charge on any atom is -0.492 e. The second kappa shape index (κ2) is 25.3. The normalized spacial score (nSPS) is 12.3. The van der Waals surface area contributed by atoms with Crippen LogP contribution in [0, 0.1) is 0 Å². The highest BCUT2D eigenvalue weighted by molar-refractivity contribution is 7.99. The lowest BCUT2D eigenvalue weighted by molar-refractivity contribution is -0.118. The van der Waals surface area contributed by atoms with Gasteiger partial charge in [0.25, 0.3) is 11.8 Å². The number of nitrogens with one attached hydrogen (secondary N) is 4. The van der Waals surface area contributed by atoms with Gasteiger partial charge in [-0.25, -0.2) is 0 Å². The quantitative estimate of drug-likeness (QED) is 0.0280. The van der Waals surface area contributed by atoms with Gasteiger partial charge >= 0.3 is 0 Å². The van der Waals surface area contributed by atoms with Crippen LogP contribution < -0.4 is 77.6 Å². The third kappa shape index (κ3) is 17.0. The van der Waals surface area contributed by atoms with Crippen LogP contribution in [0.25, 0.3) is 0 Å². The van der Waals surface area contributed by atoms with Gasteiger partial charge in [-0.3, -0.25) is 29.2 Å². The Balaban J connectivity index is 2.13. The largest absolute Gasteiger partial charge is 0.492 e. The van der Waals surface area contributed by atoms with Crippen molar-refractivity contribution in [2.24, 2.45) is 61.6 Å². The zero-order chi connectivity index (χ0) is 49.4. The van der Waals surface area contributed by atoms with Crippen molar-refractivity contribution in [3.05, 3.63) is 64.7 Å². The summed E-state index contributed by atoms with van der Waals surface area (Å²) in [5.74, 6) is -1.29. The molecular weight excluding hydrogens is 883 g/mol. The van der Waals surface area contributed by atoms with Crippen molar-refractivity contribution in [1.82, 2.24) is 0 Å². The summed E-state index contributed by atoms with van der Waals surface area (Å²) in [6.45, 7) is 13.0. The van der Waals surface area contributed by atoms with Gasteiger partial charge in [-0.1, -0.05) is 41.5 Å². The second-order valence-corrected chi connectivity index (χ2v) is 19.5. The summed E-state index contributed by atoms with van der Waals surface area (Å²) in [6, 6.07) is 9.85. The smallest absolute Gasteiger partial charge is 0.255 e. The predicted octanol–water partition coefficient (Wildman–Crippen LogP) is 2.08. The molecule has 0 spiro atoms. The Morgan fingerprint density at radius 1 is 0.606 bits per heavy atom. The van der Waals surface area contributed by atoms with Crippen molar-refractivity contribution in [2.75, 3.05) is 72.1 Å². The average Bonchev–Trinajstić information content (AvgIpc) is 3.24. The van der Waals surface area contributed by atoms with Crippen LogP contribution in [0.1, 0.15) is 86.2 Å². The van der Waals surface area contributed by atoms with Gasteiger partial charge in [-0.15, -0.1) is 23.5 Å². The van der Waals surface area contributed by atoms with Crippen molar-refractivity contribution in [3.8, 4) is 5.75 Å². The second-order valence-electron chi connectivity index (χ2n) is 17.3. The summed E-state index contributed by atoms with van der Waals surface area (Å²) in [7, 11) is 0. The third-order valence-electron chi connectivity index (χ3n) is 9.58. The van der Waals surface area contributed by atoms with Crippen molar-refractivity contribution in [2.45, 2.75) is 87.1 Å². The molecule has 362 valence electrons. The monoisotopic (exact) mass is 952 g/mol. The van der Waals surface area contributed by atoms with E-state index in [9.17, 15) is 19.2 Å². The highest BCUT2D eigenvalue weighted by Crippen LogP contribution is 2.41. The van der Waals surface area contributed by atoms with Crippen LogP contribution in [0.15, 0.2) is 62.2 Å². The van der Waals surface area contributed by atoms with E-state index < -0.39 is 46.5 Å². The fraction of sp³-hybridized carbons (Fsp3) is 0.455. The summed E-state index contributed by atoms with van der Waals surface area (Å²) in [5, 5.41) is 11.9. The number of hydrogen-bond acceptors (Lipinski definition) is 14. The Morgan fingerprint density at radius 3 is 1.42 bits per heavy atom. The van der Waals surface area contributed by atoms with E-state index in [2.05, 4.69) is 31.3 Å². The van der Waals surface area contributed by atoms with Crippen LogP contribution >= 0.6 is 23.5 Å². The number of ether oxygens (including phenoxy) is 1. The molecule has 0 radical (unpaired) electrons. The Bertz CT molecular complexity index is 2230. The summed E-state index contributed by atoms with van der Waals surface area (Å²) in [4.78, 5) is 64.5. The van der Waals surface area contributed by atoms with Gasteiger partial charge in [0.2, 0.25) is 11.8 Å². The minimum atomic E-state index is -1.08. The molecule has 2 atom stereocenters. The third-order valence-corrected chi connectivity index (χ3v) is 11.9. The van der Waals surface area contributed by atoms with E-state index in [1.54, 1.807) is 0 Å². The van der Waals surface area contributed by atoms with Gasteiger partial charge in [-0.2, -0.15) is 0 Å². The number of rotatable bonds is 23. The average molecular weight is 952 g/mol. The van der Waals surface area contributed by atoms with E-state index in [4.69, 9.17) is 56.3 Å². The van der Waals surface area contributed by atoms with Crippen LogP contribution in [0.2, 0.25) is 0 Å². The molecule has 0 fully saturated rings. The number of nitrogens with two attached hydrogens (primary N) is 9. The molecule has 0 aliphatic rings. The van der Waals surface area contributed by atoms with Gasteiger partial charge < -0.3 is 77.6 Å². The Labute approximate surface area is 395 Å². The van der Waals surface area contributed by atoms with E-state index in [-0.39, 0.29) is 48.5 Å². The molecule has 22 N–H and O–H groups in total. The molecule has 0 saturated heterocycles. The van der Waals surface area contributed by atoms with E-state index in [1.807, 2.05) is 65.8 Å². The molecule has 0 unspecified atom stereocenters. The molecule has 0 bridgehead atoms. The molecule has 20 nitrogen and oxygen atoms in total. The molecule has 0 saturated carbocycles. The van der Waals surface area contributed by atoms with Crippen LogP contribution in [-0.4, -0.2) is 98.5 Å². The van der Waals surface area contributed by atoms with Crippen LogP contribution in [0.3, 0.4) is 0 Å². The van der Waals surface area contributed by atoms with E-state index >= 15 is 0 Å². The van der Waals surface area contributed by atoms with E-state index in [0.29, 0.717) is 76.5 Å². The first-order valence-electron chi connectivity index (χ1n) is 21.4. The summed E-state index contributed by atoms with van der Waals surface area (Å²) >= 11 is 2.67. The van der Waals surface area contributed by atoms with Gasteiger partial charge in [0.1, 0.15) is 18.4 Å². The number of hydrogen-bond donors (Lipinski definition) is 13. The predicted molar refractivity (Wildman–Crippen MR) is 271 cm³/mol. The lowest BCUT2D eigenvalue weighted by Gasteiger charge is -2.25. The standard InChI is InChI=1S/C44H69N15O5S2/c1-43(2,3)26-19-31(35(65-14-10-46)33(21-26)58-39(62)29(48)8-7-12-54-41(50)51)56-37(60)24-16-25(18-28(17-24)64-13-9-45)38(61)57-32-20-27(44(4,5)6)22-34(36(32)66-15-11-47)59-40(63)30(49)23-55-42(52)53/h16-22,29-30H,7-15,23,45-49H2,1-6H3,(H,56,60)(H,57,61)(H,58,62)(H,59,63)(H4,50,51,54)(H4,52,53,55)/t29-,30-/m0/s1.